The van der Waals surface area contributed by atoms with E-state index >= 15 is 0 Å². The summed E-state index contributed by atoms with van der Waals surface area (Å²) in [5.41, 5.74) is 0.277. The van der Waals surface area contributed by atoms with Crippen molar-refractivity contribution in [2.75, 3.05) is 39.8 Å². The van der Waals surface area contributed by atoms with Gasteiger partial charge in [0.05, 0.1) is 6.61 Å². The summed E-state index contributed by atoms with van der Waals surface area (Å²) in [5.74, 6) is 0. The van der Waals surface area contributed by atoms with Crippen LogP contribution in [0.1, 0.15) is 27.2 Å². The summed E-state index contributed by atoms with van der Waals surface area (Å²) in [7, 11) is 2.05. The molecule has 3 heteroatoms. The topological polar surface area (TPSA) is 35.5 Å². The van der Waals surface area contributed by atoms with Gasteiger partial charge in [-0.25, -0.2) is 0 Å². The molecule has 0 aliphatic rings. The van der Waals surface area contributed by atoms with Gasteiger partial charge in [0.25, 0.3) is 0 Å². The average molecular weight is 202 g/mol. The third-order valence-electron chi connectivity index (χ3n) is 2.21. The lowest BCUT2D eigenvalue weighted by Gasteiger charge is -2.30. The standard InChI is InChI=1S/C11H26N2O/c1-5-6-12-9-11(2,3)10-13(4)7-8-14/h12,14H,5-10H2,1-4H3. The minimum atomic E-state index is 0.245. The molecule has 0 heterocycles. The second-order valence-corrected chi connectivity index (χ2v) is 4.80. The van der Waals surface area contributed by atoms with Crippen LogP contribution in [0.2, 0.25) is 0 Å². The fourth-order valence-electron chi connectivity index (χ4n) is 1.64. The molecule has 0 radical (unpaired) electrons. The van der Waals surface area contributed by atoms with E-state index < -0.39 is 0 Å². The van der Waals surface area contributed by atoms with E-state index in [1.807, 2.05) is 0 Å². The Labute approximate surface area is 88.5 Å². The van der Waals surface area contributed by atoms with Crippen molar-refractivity contribution in [2.24, 2.45) is 5.41 Å². The quantitative estimate of drug-likeness (QED) is 0.575. The second kappa shape index (κ2) is 7.21. The predicted molar refractivity (Wildman–Crippen MR) is 61.5 cm³/mol. The number of nitrogens with one attached hydrogen (secondary N) is 1. The van der Waals surface area contributed by atoms with Crippen molar-refractivity contribution in [3.8, 4) is 0 Å². The van der Waals surface area contributed by atoms with Gasteiger partial charge in [-0.3, -0.25) is 0 Å². The van der Waals surface area contributed by atoms with Gasteiger partial charge in [0.2, 0.25) is 0 Å². The van der Waals surface area contributed by atoms with Gasteiger partial charge in [-0.15, -0.1) is 0 Å². The molecular formula is C11H26N2O. The third kappa shape index (κ3) is 7.30. The van der Waals surface area contributed by atoms with Gasteiger partial charge >= 0.3 is 0 Å². The Morgan fingerprint density at radius 3 is 2.50 bits per heavy atom. The molecular weight excluding hydrogens is 176 g/mol. The SMILES string of the molecule is CCCNCC(C)(C)CN(C)CCO. The number of hydrogen-bond donors (Lipinski definition) is 2. The molecule has 0 rings (SSSR count). The molecule has 2 N–H and O–H groups in total. The minimum absolute atomic E-state index is 0.245. The van der Waals surface area contributed by atoms with E-state index in [4.69, 9.17) is 5.11 Å². The smallest absolute Gasteiger partial charge is 0.0558 e. The van der Waals surface area contributed by atoms with Crippen molar-refractivity contribution >= 4 is 0 Å². The first-order valence-corrected chi connectivity index (χ1v) is 5.52. The Kier molecular flexibility index (Phi) is 7.15. The van der Waals surface area contributed by atoms with Crippen LogP contribution in [-0.2, 0) is 0 Å². The van der Waals surface area contributed by atoms with E-state index in [0.717, 1.165) is 26.2 Å². The van der Waals surface area contributed by atoms with Gasteiger partial charge in [0, 0.05) is 19.6 Å². The highest BCUT2D eigenvalue weighted by Crippen LogP contribution is 2.14. The maximum absolute atomic E-state index is 8.79. The van der Waals surface area contributed by atoms with E-state index in [9.17, 15) is 0 Å². The van der Waals surface area contributed by atoms with Crippen molar-refractivity contribution in [3.63, 3.8) is 0 Å². The van der Waals surface area contributed by atoms with Gasteiger partial charge in [0.1, 0.15) is 0 Å². The van der Waals surface area contributed by atoms with Gasteiger partial charge in [-0.05, 0) is 25.4 Å². The fraction of sp³-hybridized carbons (Fsp3) is 1.00. The molecule has 3 nitrogen and oxygen atoms in total. The fourth-order valence-corrected chi connectivity index (χ4v) is 1.64. The first-order valence-electron chi connectivity index (χ1n) is 5.52. The highest BCUT2D eigenvalue weighted by atomic mass is 16.3. The van der Waals surface area contributed by atoms with Crippen molar-refractivity contribution in [1.82, 2.24) is 10.2 Å². The molecule has 0 aromatic carbocycles. The van der Waals surface area contributed by atoms with Crippen LogP contribution in [0.25, 0.3) is 0 Å². The molecule has 0 aromatic rings. The molecule has 0 aliphatic carbocycles. The molecule has 0 bridgehead atoms. The van der Waals surface area contributed by atoms with E-state index in [-0.39, 0.29) is 12.0 Å². The summed E-state index contributed by atoms with van der Waals surface area (Å²) in [5, 5.41) is 12.2. The van der Waals surface area contributed by atoms with E-state index in [0.29, 0.717) is 0 Å². The van der Waals surface area contributed by atoms with Crippen molar-refractivity contribution in [1.29, 1.82) is 0 Å². The summed E-state index contributed by atoms with van der Waals surface area (Å²) in [4.78, 5) is 2.17. The van der Waals surface area contributed by atoms with Crippen LogP contribution in [0.5, 0.6) is 0 Å². The predicted octanol–water partition coefficient (Wildman–Crippen LogP) is 0.936. The number of aliphatic hydroxyl groups is 1. The normalized spacial score (nSPS) is 12.4. The van der Waals surface area contributed by atoms with Crippen molar-refractivity contribution < 1.29 is 5.11 Å². The molecule has 86 valence electrons. The maximum Gasteiger partial charge on any atom is 0.0558 e. The summed E-state index contributed by atoms with van der Waals surface area (Å²) in [6.45, 7) is 10.8. The monoisotopic (exact) mass is 202 g/mol. The summed E-state index contributed by atoms with van der Waals surface area (Å²) < 4.78 is 0. The lowest BCUT2D eigenvalue weighted by atomic mass is 9.93. The molecule has 0 amide bonds. The Morgan fingerprint density at radius 1 is 1.36 bits per heavy atom. The number of nitrogens with zero attached hydrogens (tertiary/aromatic N) is 1. The van der Waals surface area contributed by atoms with Crippen LogP contribution in [0, 0.1) is 5.41 Å². The first kappa shape index (κ1) is 13.9. The van der Waals surface area contributed by atoms with Crippen LogP contribution in [0.4, 0.5) is 0 Å². The Morgan fingerprint density at radius 2 is 2.00 bits per heavy atom. The van der Waals surface area contributed by atoms with Crippen LogP contribution in [-0.4, -0.2) is 49.8 Å². The van der Waals surface area contributed by atoms with Crippen molar-refractivity contribution in [2.45, 2.75) is 27.2 Å². The second-order valence-electron chi connectivity index (χ2n) is 4.80. The zero-order valence-corrected chi connectivity index (χ0v) is 10.1. The van der Waals surface area contributed by atoms with Gasteiger partial charge in [-0.2, -0.15) is 0 Å². The van der Waals surface area contributed by atoms with Gasteiger partial charge in [-0.1, -0.05) is 20.8 Å². The summed E-state index contributed by atoms with van der Waals surface area (Å²) in [6.07, 6.45) is 1.18. The molecule has 0 fully saturated rings. The lowest BCUT2D eigenvalue weighted by Crippen LogP contribution is -2.40. The molecule has 0 unspecified atom stereocenters. The van der Waals surface area contributed by atoms with Crippen LogP contribution < -0.4 is 5.32 Å². The van der Waals surface area contributed by atoms with Crippen LogP contribution >= 0.6 is 0 Å². The largest absolute Gasteiger partial charge is 0.395 e. The van der Waals surface area contributed by atoms with E-state index in [1.54, 1.807) is 0 Å². The summed E-state index contributed by atoms with van der Waals surface area (Å²) >= 11 is 0. The number of rotatable bonds is 8. The van der Waals surface area contributed by atoms with Crippen LogP contribution in [0.15, 0.2) is 0 Å². The van der Waals surface area contributed by atoms with Gasteiger partial charge in [0.15, 0.2) is 0 Å². The van der Waals surface area contributed by atoms with Crippen molar-refractivity contribution in [3.05, 3.63) is 0 Å². The minimum Gasteiger partial charge on any atom is -0.395 e. The van der Waals surface area contributed by atoms with Gasteiger partial charge < -0.3 is 15.3 Å². The molecule has 0 saturated carbocycles. The molecule has 0 saturated heterocycles. The Balaban J connectivity index is 3.69. The molecule has 0 spiro atoms. The Bertz CT molecular complexity index is 137. The molecule has 0 aromatic heterocycles. The average Bonchev–Trinajstić information content (AvgIpc) is 2.03. The highest BCUT2D eigenvalue weighted by Gasteiger charge is 2.18. The number of hydrogen-bond acceptors (Lipinski definition) is 3. The number of aliphatic hydroxyl groups excluding tert-OH is 1. The zero-order valence-electron chi connectivity index (χ0n) is 10.1. The summed E-state index contributed by atoms with van der Waals surface area (Å²) in [6, 6.07) is 0. The van der Waals surface area contributed by atoms with E-state index in [1.165, 1.54) is 6.42 Å². The zero-order chi connectivity index (χ0) is 11.0. The van der Waals surface area contributed by atoms with E-state index in [2.05, 4.69) is 38.0 Å². The third-order valence-corrected chi connectivity index (χ3v) is 2.21. The molecule has 0 atom stereocenters. The van der Waals surface area contributed by atoms with Crippen LogP contribution in [0.3, 0.4) is 0 Å². The maximum atomic E-state index is 8.79. The Hall–Kier alpha value is -0.120. The highest BCUT2D eigenvalue weighted by molar-refractivity contribution is 4.74. The lowest BCUT2D eigenvalue weighted by molar-refractivity contribution is 0.167. The number of likely N-dealkylation sites (N-methyl/N-ethyl adjacent to an activating group) is 1. The molecule has 14 heavy (non-hydrogen) atoms. The molecule has 0 aliphatic heterocycles. The first-order chi connectivity index (χ1) is 6.52.